The molecule has 0 unspecified atom stereocenters. The van der Waals surface area contributed by atoms with Crippen molar-refractivity contribution in [3.63, 3.8) is 0 Å². The molecule has 1 aliphatic rings. The number of ether oxygens (including phenoxy) is 1. The smallest absolute Gasteiger partial charge is 0.244 e. The van der Waals surface area contributed by atoms with Crippen LogP contribution in [0.25, 0.3) is 0 Å². The van der Waals surface area contributed by atoms with Crippen molar-refractivity contribution in [3.05, 3.63) is 54.1 Å². The number of methoxy groups -OCH3 is 1. The Morgan fingerprint density at radius 1 is 1.24 bits per heavy atom. The summed E-state index contributed by atoms with van der Waals surface area (Å²) in [5.41, 5.74) is 0.902. The number of para-hydroxylation sites is 1. The third-order valence-electron chi connectivity index (χ3n) is 4.28. The number of allylic oxidation sites excluding steroid dienone is 3. The summed E-state index contributed by atoms with van der Waals surface area (Å²) in [6.07, 6.45) is 8.84. The van der Waals surface area contributed by atoms with E-state index in [0.29, 0.717) is 19.5 Å². The highest BCUT2D eigenvalue weighted by atomic mass is 16.5. The lowest BCUT2D eigenvalue weighted by molar-refractivity contribution is -0.131. The first kappa shape index (κ1) is 18.8. The van der Waals surface area contributed by atoms with Gasteiger partial charge >= 0.3 is 0 Å². The van der Waals surface area contributed by atoms with Crippen LogP contribution < -0.4 is 10.1 Å². The van der Waals surface area contributed by atoms with Gasteiger partial charge in [-0.1, -0.05) is 36.4 Å². The molecule has 134 valence electrons. The van der Waals surface area contributed by atoms with E-state index < -0.39 is 0 Å². The standard InChI is InChI=1S/C20H26N2O3/c1-3-4-5-10-19(23)21-17-11-13-22(14-12-17)20(24)15-16-8-6-7-9-18(16)25-2/h3-10,17H,11-15H2,1-2H3,(H,21,23). The van der Waals surface area contributed by atoms with E-state index in [9.17, 15) is 9.59 Å². The number of hydrogen-bond acceptors (Lipinski definition) is 3. The summed E-state index contributed by atoms with van der Waals surface area (Å²) in [6.45, 7) is 3.23. The van der Waals surface area contributed by atoms with Gasteiger partial charge in [0.1, 0.15) is 5.75 Å². The molecule has 0 spiro atoms. The van der Waals surface area contributed by atoms with Crippen LogP contribution in [0, 0.1) is 0 Å². The van der Waals surface area contributed by atoms with Crippen molar-refractivity contribution >= 4 is 11.8 Å². The topological polar surface area (TPSA) is 58.6 Å². The Hall–Kier alpha value is -2.56. The predicted octanol–water partition coefficient (Wildman–Crippen LogP) is 2.48. The first-order valence-electron chi connectivity index (χ1n) is 8.63. The van der Waals surface area contributed by atoms with E-state index in [1.165, 1.54) is 6.08 Å². The van der Waals surface area contributed by atoms with Crippen LogP contribution in [-0.4, -0.2) is 43.0 Å². The van der Waals surface area contributed by atoms with Crippen LogP contribution in [0.4, 0.5) is 0 Å². The van der Waals surface area contributed by atoms with Crippen LogP contribution in [0.2, 0.25) is 0 Å². The van der Waals surface area contributed by atoms with Crippen LogP contribution in [0.5, 0.6) is 5.75 Å². The predicted molar refractivity (Wildman–Crippen MR) is 98.4 cm³/mol. The lowest BCUT2D eigenvalue weighted by atomic mass is 10.0. The second kappa shape index (κ2) is 9.67. The molecule has 5 nitrogen and oxygen atoms in total. The second-order valence-electron chi connectivity index (χ2n) is 6.04. The number of carbonyl (C=O) groups excluding carboxylic acids is 2. The quantitative estimate of drug-likeness (QED) is 0.638. The van der Waals surface area contributed by atoms with Gasteiger partial charge in [0.15, 0.2) is 0 Å². The number of likely N-dealkylation sites (tertiary alicyclic amines) is 1. The summed E-state index contributed by atoms with van der Waals surface area (Å²) in [5, 5.41) is 2.99. The zero-order valence-corrected chi connectivity index (χ0v) is 14.9. The van der Waals surface area contributed by atoms with E-state index in [1.807, 2.05) is 48.2 Å². The molecule has 0 aliphatic carbocycles. The Morgan fingerprint density at radius 2 is 1.96 bits per heavy atom. The maximum absolute atomic E-state index is 12.5. The minimum Gasteiger partial charge on any atom is -0.496 e. The highest BCUT2D eigenvalue weighted by Gasteiger charge is 2.24. The number of carbonyl (C=O) groups is 2. The Labute approximate surface area is 149 Å². The number of piperidine rings is 1. The number of nitrogens with zero attached hydrogens (tertiary/aromatic N) is 1. The van der Waals surface area contributed by atoms with Crippen LogP contribution in [0.1, 0.15) is 25.3 Å². The summed E-state index contributed by atoms with van der Waals surface area (Å²) in [7, 11) is 1.61. The van der Waals surface area contributed by atoms with Crippen molar-refractivity contribution < 1.29 is 14.3 Å². The molecule has 5 heteroatoms. The first-order chi connectivity index (χ1) is 12.1. The van der Waals surface area contributed by atoms with Crippen LogP contribution in [-0.2, 0) is 16.0 Å². The van der Waals surface area contributed by atoms with Gasteiger partial charge in [-0.05, 0) is 25.8 Å². The minimum atomic E-state index is -0.0862. The normalized spacial score (nSPS) is 15.7. The number of hydrogen-bond donors (Lipinski definition) is 1. The van der Waals surface area contributed by atoms with Crippen LogP contribution >= 0.6 is 0 Å². The summed E-state index contributed by atoms with van der Waals surface area (Å²) >= 11 is 0. The molecule has 0 radical (unpaired) electrons. The SMILES string of the molecule is CC=CC=CC(=O)NC1CCN(C(=O)Cc2ccccc2OC)CC1. The van der Waals surface area contributed by atoms with Crippen LogP contribution in [0.3, 0.4) is 0 Å². The van der Waals surface area contributed by atoms with Crippen molar-refractivity contribution in [2.45, 2.75) is 32.2 Å². The molecule has 1 N–H and O–H groups in total. The zero-order valence-electron chi connectivity index (χ0n) is 14.9. The van der Waals surface area contributed by atoms with E-state index in [4.69, 9.17) is 4.74 Å². The number of nitrogens with one attached hydrogen (secondary N) is 1. The van der Waals surface area contributed by atoms with Gasteiger partial charge in [-0.15, -0.1) is 0 Å². The van der Waals surface area contributed by atoms with Crippen molar-refractivity contribution in [3.8, 4) is 5.75 Å². The monoisotopic (exact) mass is 342 g/mol. The molecule has 1 aromatic carbocycles. The van der Waals surface area contributed by atoms with E-state index in [0.717, 1.165) is 24.2 Å². The molecule has 1 aliphatic heterocycles. The van der Waals surface area contributed by atoms with Gasteiger partial charge in [0.25, 0.3) is 0 Å². The van der Waals surface area contributed by atoms with Gasteiger partial charge in [0, 0.05) is 30.8 Å². The largest absolute Gasteiger partial charge is 0.496 e. The summed E-state index contributed by atoms with van der Waals surface area (Å²) in [6, 6.07) is 7.71. The van der Waals surface area contributed by atoms with E-state index in [1.54, 1.807) is 13.2 Å². The van der Waals surface area contributed by atoms with Crippen molar-refractivity contribution in [2.24, 2.45) is 0 Å². The molecule has 2 amide bonds. The molecule has 1 fully saturated rings. The second-order valence-corrected chi connectivity index (χ2v) is 6.04. The maximum atomic E-state index is 12.5. The maximum Gasteiger partial charge on any atom is 0.244 e. The average Bonchev–Trinajstić information content (AvgIpc) is 2.63. The minimum absolute atomic E-state index is 0.0862. The fourth-order valence-corrected chi connectivity index (χ4v) is 2.90. The van der Waals surface area contributed by atoms with Gasteiger partial charge in [-0.2, -0.15) is 0 Å². The summed E-state index contributed by atoms with van der Waals surface area (Å²) in [4.78, 5) is 26.2. The zero-order chi connectivity index (χ0) is 18.1. The molecule has 1 aromatic rings. The van der Waals surface area contributed by atoms with Gasteiger partial charge in [0.2, 0.25) is 11.8 Å². The summed E-state index contributed by atoms with van der Waals surface area (Å²) in [5.74, 6) is 0.755. The van der Waals surface area contributed by atoms with Crippen molar-refractivity contribution in [2.75, 3.05) is 20.2 Å². The third kappa shape index (κ3) is 5.78. The molecule has 1 heterocycles. The number of amides is 2. The van der Waals surface area contributed by atoms with Gasteiger partial charge < -0.3 is 15.0 Å². The van der Waals surface area contributed by atoms with Gasteiger partial charge in [-0.25, -0.2) is 0 Å². The van der Waals surface area contributed by atoms with Crippen molar-refractivity contribution in [1.82, 2.24) is 10.2 Å². The fourth-order valence-electron chi connectivity index (χ4n) is 2.90. The molecule has 2 rings (SSSR count). The third-order valence-corrected chi connectivity index (χ3v) is 4.28. The average molecular weight is 342 g/mol. The van der Waals surface area contributed by atoms with E-state index in [2.05, 4.69) is 5.32 Å². The Balaban J connectivity index is 1.81. The molecular formula is C20H26N2O3. The highest BCUT2D eigenvalue weighted by molar-refractivity contribution is 5.88. The molecular weight excluding hydrogens is 316 g/mol. The van der Waals surface area contributed by atoms with Crippen molar-refractivity contribution in [1.29, 1.82) is 0 Å². The van der Waals surface area contributed by atoms with E-state index in [-0.39, 0.29) is 17.9 Å². The molecule has 0 saturated carbocycles. The number of benzene rings is 1. The fraction of sp³-hybridized carbons (Fsp3) is 0.400. The lowest BCUT2D eigenvalue weighted by Gasteiger charge is -2.32. The van der Waals surface area contributed by atoms with E-state index >= 15 is 0 Å². The van der Waals surface area contributed by atoms with Crippen LogP contribution in [0.15, 0.2) is 48.6 Å². The Morgan fingerprint density at radius 3 is 2.64 bits per heavy atom. The first-order valence-corrected chi connectivity index (χ1v) is 8.63. The molecule has 0 aromatic heterocycles. The highest BCUT2D eigenvalue weighted by Crippen LogP contribution is 2.19. The summed E-state index contributed by atoms with van der Waals surface area (Å²) < 4.78 is 5.31. The van der Waals surface area contributed by atoms with Gasteiger partial charge in [0.05, 0.1) is 13.5 Å². The Kier molecular flexibility index (Phi) is 7.26. The number of rotatable bonds is 6. The molecule has 1 saturated heterocycles. The molecule has 0 bridgehead atoms. The molecule has 0 atom stereocenters. The molecule has 25 heavy (non-hydrogen) atoms. The lowest BCUT2D eigenvalue weighted by Crippen LogP contribution is -2.46. The Bertz CT molecular complexity index is 644. The van der Waals surface area contributed by atoms with Gasteiger partial charge in [-0.3, -0.25) is 9.59 Å².